The lowest BCUT2D eigenvalue weighted by atomic mass is 10.1. The summed E-state index contributed by atoms with van der Waals surface area (Å²) < 4.78 is 0. The van der Waals surface area contributed by atoms with Gasteiger partial charge in [0.05, 0.1) is 26.3 Å². The van der Waals surface area contributed by atoms with E-state index in [1.165, 1.54) is 12.1 Å². The Kier molecular flexibility index (Phi) is 4.21. The largest absolute Gasteiger partial charge is 0.478 e. The zero-order valence-electron chi connectivity index (χ0n) is 9.12. The van der Waals surface area contributed by atoms with E-state index in [2.05, 4.69) is 4.98 Å². The van der Waals surface area contributed by atoms with Crippen LogP contribution >= 0.6 is 46.4 Å². The fourth-order valence-corrected chi connectivity index (χ4v) is 2.28. The number of carbonyl (C=O) groups is 1. The maximum atomic E-state index is 11.0. The molecule has 2 aromatic rings. The number of halogens is 4. The third-order valence-corrected chi connectivity index (χ3v) is 3.71. The quantitative estimate of drug-likeness (QED) is 0.616. The molecule has 0 amide bonds. The van der Waals surface area contributed by atoms with Crippen molar-refractivity contribution in [3.63, 3.8) is 0 Å². The van der Waals surface area contributed by atoms with Crippen molar-refractivity contribution in [3.05, 3.63) is 50.0 Å². The van der Waals surface area contributed by atoms with Crippen LogP contribution in [0, 0.1) is 0 Å². The van der Waals surface area contributed by atoms with E-state index in [4.69, 9.17) is 51.5 Å². The molecule has 1 aromatic heterocycles. The minimum atomic E-state index is -1.10. The van der Waals surface area contributed by atoms with E-state index in [0.29, 0.717) is 11.3 Å². The molecular formula is C12H5Cl4NO2. The molecule has 0 spiro atoms. The highest BCUT2D eigenvalue weighted by Crippen LogP contribution is 2.35. The molecule has 0 aliphatic heterocycles. The van der Waals surface area contributed by atoms with Crippen molar-refractivity contribution >= 4 is 52.4 Å². The topological polar surface area (TPSA) is 50.2 Å². The van der Waals surface area contributed by atoms with Gasteiger partial charge in [-0.05, 0) is 24.3 Å². The lowest BCUT2D eigenvalue weighted by Gasteiger charge is -2.06. The van der Waals surface area contributed by atoms with E-state index >= 15 is 0 Å². The van der Waals surface area contributed by atoms with Crippen molar-refractivity contribution in [2.45, 2.75) is 0 Å². The van der Waals surface area contributed by atoms with Crippen molar-refractivity contribution in [2.24, 2.45) is 0 Å². The number of nitrogens with zero attached hydrogens (tertiary/aromatic N) is 1. The van der Waals surface area contributed by atoms with Crippen LogP contribution in [0.5, 0.6) is 0 Å². The van der Waals surface area contributed by atoms with Crippen LogP contribution in [0.1, 0.15) is 10.4 Å². The molecule has 0 atom stereocenters. The fraction of sp³-hybridized carbons (Fsp3) is 0. The summed E-state index contributed by atoms with van der Waals surface area (Å²) in [7, 11) is 0. The Bertz CT molecular complexity index is 650. The Morgan fingerprint density at radius 3 is 2.11 bits per heavy atom. The number of carboxylic acids is 1. The molecular weight excluding hydrogens is 332 g/mol. The fourth-order valence-electron chi connectivity index (χ4n) is 1.47. The van der Waals surface area contributed by atoms with Gasteiger partial charge in [-0.15, -0.1) is 0 Å². The van der Waals surface area contributed by atoms with E-state index in [-0.39, 0.29) is 25.8 Å². The average molecular weight is 337 g/mol. The first-order valence-corrected chi connectivity index (χ1v) is 6.45. The van der Waals surface area contributed by atoms with Gasteiger partial charge in [0, 0.05) is 5.56 Å². The second-order valence-electron chi connectivity index (χ2n) is 3.62. The molecule has 7 heteroatoms. The number of hydrogen-bond donors (Lipinski definition) is 1. The van der Waals surface area contributed by atoms with E-state index in [9.17, 15) is 4.79 Å². The van der Waals surface area contributed by atoms with Gasteiger partial charge in [-0.25, -0.2) is 9.78 Å². The third-order valence-electron chi connectivity index (χ3n) is 2.32. The first-order chi connectivity index (χ1) is 8.88. The van der Waals surface area contributed by atoms with Crippen LogP contribution in [0.3, 0.4) is 0 Å². The number of aromatic nitrogens is 1. The molecule has 19 heavy (non-hydrogen) atoms. The van der Waals surface area contributed by atoms with Crippen LogP contribution in [0.2, 0.25) is 20.2 Å². The van der Waals surface area contributed by atoms with Crippen molar-refractivity contribution < 1.29 is 9.90 Å². The van der Waals surface area contributed by atoms with Gasteiger partial charge in [0.1, 0.15) is 5.15 Å². The van der Waals surface area contributed by atoms with E-state index in [0.717, 1.165) is 0 Å². The van der Waals surface area contributed by atoms with Gasteiger partial charge in [-0.2, -0.15) is 0 Å². The third kappa shape index (κ3) is 3.12. The smallest absolute Gasteiger partial charge is 0.335 e. The number of hydrogen-bond acceptors (Lipinski definition) is 2. The maximum absolute atomic E-state index is 11.0. The SMILES string of the molecule is O=C(O)c1cc(Cl)nc(-c2cc(Cl)c(Cl)c(Cl)c2)c1. The predicted octanol–water partition coefficient (Wildman–Crippen LogP) is 5.06. The average Bonchev–Trinajstić information content (AvgIpc) is 2.34. The highest BCUT2D eigenvalue weighted by molar-refractivity contribution is 6.48. The van der Waals surface area contributed by atoms with Crippen LogP contribution in [0.25, 0.3) is 11.3 Å². The summed E-state index contributed by atoms with van der Waals surface area (Å²) in [6.45, 7) is 0. The van der Waals surface area contributed by atoms with E-state index in [1.807, 2.05) is 0 Å². The second kappa shape index (κ2) is 5.55. The summed E-state index contributed by atoms with van der Waals surface area (Å²) in [6, 6.07) is 5.72. The summed E-state index contributed by atoms with van der Waals surface area (Å²) >= 11 is 23.5. The Hall–Kier alpha value is -1.000. The van der Waals surface area contributed by atoms with Gasteiger partial charge in [0.15, 0.2) is 0 Å². The van der Waals surface area contributed by atoms with Crippen molar-refractivity contribution in [1.82, 2.24) is 4.98 Å². The molecule has 1 heterocycles. The molecule has 3 nitrogen and oxygen atoms in total. The molecule has 0 unspecified atom stereocenters. The molecule has 0 saturated carbocycles. The first kappa shape index (κ1) is 14.4. The summed E-state index contributed by atoms with van der Waals surface area (Å²) in [6.07, 6.45) is 0. The van der Waals surface area contributed by atoms with Gasteiger partial charge >= 0.3 is 5.97 Å². The molecule has 0 bridgehead atoms. The lowest BCUT2D eigenvalue weighted by molar-refractivity contribution is 0.0697. The predicted molar refractivity (Wildman–Crippen MR) is 76.7 cm³/mol. The minimum absolute atomic E-state index is 0.0252. The number of aromatic carboxylic acids is 1. The summed E-state index contributed by atoms with van der Waals surface area (Å²) in [5, 5.41) is 9.78. The van der Waals surface area contributed by atoms with Crippen molar-refractivity contribution in [3.8, 4) is 11.3 Å². The van der Waals surface area contributed by atoms with Gasteiger partial charge in [-0.1, -0.05) is 46.4 Å². The molecule has 2 rings (SSSR count). The standard InChI is InChI=1S/C12H5Cl4NO2/c13-7-1-5(2-8(14)11(7)16)9-3-6(12(18)19)4-10(15)17-9/h1-4H,(H,18,19). The Morgan fingerprint density at radius 1 is 1.00 bits per heavy atom. The van der Waals surface area contributed by atoms with E-state index in [1.54, 1.807) is 12.1 Å². The van der Waals surface area contributed by atoms with Gasteiger partial charge < -0.3 is 5.11 Å². The molecule has 1 aromatic carbocycles. The Labute approximate surface area is 128 Å². The molecule has 1 N–H and O–H groups in total. The summed E-state index contributed by atoms with van der Waals surface area (Å²) in [4.78, 5) is 15.0. The molecule has 0 aliphatic carbocycles. The monoisotopic (exact) mass is 335 g/mol. The number of carboxylic acid groups (broad SMARTS) is 1. The Balaban J connectivity index is 2.62. The lowest BCUT2D eigenvalue weighted by Crippen LogP contribution is -1.98. The zero-order chi connectivity index (χ0) is 14.2. The minimum Gasteiger partial charge on any atom is -0.478 e. The van der Waals surface area contributed by atoms with Gasteiger partial charge in [0.2, 0.25) is 0 Å². The van der Waals surface area contributed by atoms with Crippen molar-refractivity contribution in [1.29, 1.82) is 0 Å². The first-order valence-electron chi connectivity index (χ1n) is 4.94. The molecule has 0 fully saturated rings. The summed E-state index contributed by atoms with van der Waals surface area (Å²) in [5.74, 6) is -1.10. The van der Waals surface area contributed by atoms with Crippen molar-refractivity contribution in [2.75, 3.05) is 0 Å². The van der Waals surface area contributed by atoms with Gasteiger partial charge in [-0.3, -0.25) is 0 Å². The molecule has 98 valence electrons. The van der Waals surface area contributed by atoms with Crippen LogP contribution in [-0.4, -0.2) is 16.1 Å². The zero-order valence-corrected chi connectivity index (χ0v) is 12.1. The van der Waals surface area contributed by atoms with Crippen LogP contribution in [-0.2, 0) is 0 Å². The van der Waals surface area contributed by atoms with Gasteiger partial charge in [0.25, 0.3) is 0 Å². The van der Waals surface area contributed by atoms with Crippen LogP contribution < -0.4 is 0 Å². The molecule has 0 aliphatic rings. The normalized spacial score (nSPS) is 10.5. The highest BCUT2D eigenvalue weighted by Gasteiger charge is 2.12. The second-order valence-corrected chi connectivity index (χ2v) is 5.20. The number of rotatable bonds is 2. The van der Waals surface area contributed by atoms with Crippen LogP contribution in [0.15, 0.2) is 24.3 Å². The molecule has 0 saturated heterocycles. The maximum Gasteiger partial charge on any atom is 0.335 e. The number of pyridine rings is 1. The summed E-state index contributed by atoms with van der Waals surface area (Å²) in [5.41, 5.74) is 0.909. The molecule has 0 radical (unpaired) electrons. The van der Waals surface area contributed by atoms with Crippen LogP contribution in [0.4, 0.5) is 0 Å². The highest BCUT2D eigenvalue weighted by atomic mass is 35.5. The number of benzene rings is 1. The van der Waals surface area contributed by atoms with E-state index < -0.39 is 5.97 Å². The Morgan fingerprint density at radius 2 is 1.58 bits per heavy atom.